The first-order valence-corrected chi connectivity index (χ1v) is 10.2. The highest BCUT2D eigenvalue weighted by atomic mass is 32.2. The van der Waals surface area contributed by atoms with E-state index in [-0.39, 0.29) is 4.90 Å². The molecule has 0 aliphatic carbocycles. The minimum absolute atomic E-state index is 0.0768. The maximum Gasteiger partial charge on any atom is 0.238 e. The molecular weight excluding hydrogens is 376 g/mol. The van der Waals surface area contributed by atoms with Gasteiger partial charge in [0.2, 0.25) is 10.0 Å². The summed E-state index contributed by atoms with van der Waals surface area (Å²) in [5, 5.41) is 9.53. The van der Waals surface area contributed by atoms with Gasteiger partial charge in [0, 0.05) is 39.3 Å². The van der Waals surface area contributed by atoms with Crippen molar-refractivity contribution >= 4 is 43.8 Å². The van der Waals surface area contributed by atoms with Gasteiger partial charge in [-0.3, -0.25) is 0 Å². The van der Waals surface area contributed by atoms with Crippen LogP contribution in [-0.2, 0) is 10.0 Å². The van der Waals surface area contributed by atoms with Gasteiger partial charge in [-0.25, -0.2) is 23.5 Å². The van der Waals surface area contributed by atoms with Crippen molar-refractivity contribution in [3.8, 4) is 0 Å². The zero-order chi connectivity index (χ0) is 20.6. The van der Waals surface area contributed by atoms with Crippen LogP contribution >= 0.6 is 0 Å². The van der Waals surface area contributed by atoms with Gasteiger partial charge in [0.05, 0.1) is 21.8 Å². The van der Waals surface area contributed by atoms with Crippen LogP contribution in [0.4, 0.5) is 22.9 Å². The van der Waals surface area contributed by atoms with E-state index in [1.807, 2.05) is 56.2 Å². The molecule has 1 aromatic heterocycles. The molecule has 3 aromatic rings. The highest BCUT2D eigenvalue weighted by molar-refractivity contribution is 7.89. The number of hydrogen-bond acceptors (Lipinski definition) is 7. The Morgan fingerprint density at radius 3 is 2.32 bits per heavy atom. The first-order valence-electron chi connectivity index (χ1n) is 8.62. The Morgan fingerprint density at radius 1 is 1.00 bits per heavy atom. The third-order valence-corrected chi connectivity index (χ3v) is 5.62. The van der Waals surface area contributed by atoms with Crippen molar-refractivity contribution in [1.82, 2.24) is 9.97 Å². The summed E-state index contributed by atoms with van der Waals surface area (Å²) in [6, 6.07) is 9.15. The summed E-state index contributed by atoms with van der Waals surface area (Å²) < 4.78 is 24.0. The molecule has 148 valence electrons. The number of nitrogens with two attached hydrogens (primary N) is 1. The van der Waals surface area contributed by atoms with Gasteiger partial charge in [-0.05, 0) is 42.8 Å². The Morgan fingerprint density at radius 2 is 1.71 bits per heavy atom. The number of nitrogens with one attached hydrogen (secondary N) is 1. The molecule has 0 unspecified atom stereocenters. The van der Waals surface area contributed by atoms with Gasteiger partial charge in [0.25, 0.3) is 0 Å². The third kappa shape index (κ3) is 3.71. The van der Waals surface area contributed by atoms with E-state index in [0.717, 1.165) is 22.3 Å². The van der Waals surface area contributed by atoms with Gasteiger partial charge in [0.15, 0.2) is 0 Å². The molecule has 0 spiro atoms. The number of fused-ring (bicyclic) bond motifs is 1. The van der Waals surface area contributed by atoms with E-state index < -0.39 is 10.0 Å². The van der Waals surface area contributed by atoms with Crippen molar-refractivity contribution in [1.29, 1.82) is 0 Å². The number of primary sulfonamides is 1. The Balaban J connectivity index is 2.22. The smallest absolute Gasteiger partial charge is 0.238 e. The highest BCUT2D eigenvalue weighted by Gasteiger charge is 2.19. The maximum absolute atomic E-state index is 12.0. The van der Waals surface area contributed by atoms with E-state index in [4.69, 9.17) is 5.14 Å². The summed E-state index contributed by atoms with van der Waals surface area (Å²) >= 11 is 0. The van der Waals surface area contributed by atoms with E-state index in [9.17, 15) is 8.42 Å². The second kappa shape index (κ2) is 7.25. The summed E-state index contributed by atoms with van der Waals surface area (Å²) in [5.41, 5.74) is 3.78. The van der Waals surface area contributed by atoms with Crippen molar-refractivity contribution in [3.05, 3.63) is 42.2 Å². The summed E-state index contributed by atoms with van der Waals surface area (Å²) in [7, 11) is 3.85. The maximum atomic E-state index is 12.0. The molecule has 1 heterocycles. The van der Waals surface area contributed by atoms with Gasteiger partial charge in [-0.15, -0.1) is 0 Å². The molecule has 0 aliphatic rings. The fourth-order valence-corrected chi connectivity index (χ4v) is 3.84. The van der Waals surface area contributed by atoms with Crippen LogP contribution in [0.25, 0.3) is 10.9 Å². The van der Waals surface area contributed by atoms with E-state index in [1.54, 1.807) is 13.0 Å². The zero-order valence-corrected chi connectivity index (χ0v) is 17.4. The molecule has 0 saturated carbocycles. The van der Waals surface area contributed by atoms with Crippen LogP contribution in [0, 0.1) is 6.92 Å². The highest BCUT2D eigenvalue weighted by Crippen LogP contribution is 2.36. The van der Waals surface area contributed by atoms with E-state index >= 15 is 0 Å². The lowest BCUT2D eigenvalue weighted by atomic mass is 10.1. The summed E-state index contributed by atoms with van der Waals surface area (Å²) in [4.78, 5) is 12.7. The predicted octanol–water partition coefficient (Wildman–Crippen LogP) is 2.46. The van der Waals surface area contributed by atoms with Gasteiger partial charge in [0.1, 0.15) is 12.1 Å². The monoisotopic (exact) mass is 400 g/mol. The predicted molar refractivity (Wildman–Crippen MR) is 114 cm³/mol. The Hall–Kier alpha value is -2.91. The molecule has 3 rings (SSSR count). The van der Waals surface area contributed by atoms with Crippen molar-refractivity contribution in [2.75, 3.05) is 43.3 Å². The van der Waals surface area contributed by atoms with Gasteiger partial charge >= 0.3 is 0 Å². The quantitative estimate of drug-likeness (QED) is 0.678. The molecule has 0 bridgehead atoms. The first-order chi connectivity index (χ1) is 13.1. The third-order valence-electron chi connectivity index (χ3n) is 4.56. The largest absolute Gasteiger partial charge is 0.378 e. The lowest BCUT2D eigenvalue weighted by molar-refractivity contribution is 0.597. The topological polar surface area (TPSA) is 104 Å². The Kier molecular flexibility index (Phi) is 5.14. The molecule has 2 aromatic carbocycles. The average Bonchev–Trinajstić information content (AvgIpc) is 2.61. The van der Waals surface area contributed by atoms with Crippen LogP contribution < -0.4 is 20.3 Å². The first kappa shape index (κ1) is 19.8. The zero-order valence-electron chi connectivity index (χ0n) is 16.6. The van der Waals surface area contributed by atoms with Crippen LogP contribution in [0.5, 0.6) is 0 Å². The number of benzene rings is 2. The number of aromatic nitrogens is 2. The number of hydrogen-bond donors (Lipinski definition) is 2. The lowest BCUT2D eigenvalue weighted by Gasteiger charge is -2.22. The normalized spacial score (nSPS) is 11.5. The lowest BCUT2D eigenvalue weighted by Crippen LogP contribution is -2.17. The van der Waals surface area contributed by atoms with E-state index in [0.29, 0.717) is 17.1 Å². The van der Waals surface area contributed by atoms with Gasteiger partial charge in [-0.2, -0.15) is 0 Å². The van der Waals surface area contributed by atoms with Crippen molar-refractivity contribution in [2.45, 2.75) is 11.8 Å². The fraction of sp³-hybridized carbons (Fsp3) is 0.263. The Bertz CT molecular complexity index is 1140. The van der Waals surface area contributed by atoms with E-state index in [2.05, 4.69) is 15.3 Å². The fourth-order valence-electron chi connectivity index (χ4n) is 3.06. The summed E-state index contributed by atoms with van der Waals surface area (Å²) in [5.74, 6) is 0.589. The molecule has 28 heavy (non-hydrogen) atoms. The molecule has 0 aliphatic heterocycles. The SMILES string of the molecule is Cc1c(S(N)(=O)=O)ccc(N(C)C)c1Nc1ncnc2ccc(N(C)C)cc12. The number of rotatable bonds is 5. The molecule has 0 saturated heterocycles. The second-order valence-electron chi connectivity index (χ2n) is 6.97. The van der Waals surface area contributed by atoms with Crippen LogP contribution in [0.1, 0.15) is 5.56 Å². The van der Waals surface area contributed by atoms with Crippen LogP contribution in [0.2, 0.25) is 0 Å². The van der Waals surface area contributed by atoms with E-state index in [1.165, 1.54) is 12.4 Å². The van der Waals surface area contributed by atoms with Crippen LogP contribution in [0.15, 0.2) is 41.6 Å². The number of anilines is 4. The Labute approximate surface area is 165 Å². The molecule has 8 nitrogen and oxygen atoms in total. The van der Waals surface area contributed by atoms with Crippen LogP contribution in [0.3, 0.4) is 0 Å². The van der Waals surface area contributed by atoms with Gasteiger partial charge < -0.3 is 15.1 Å². The number of nitrogens with zero attached hydrogens (tertiary/aromatic N) is 4. The standard InChI is InChI=1S/C19H24N6O2S/c1-12-17(28(20,26)27)9-8-16(25(4)5)18(12)23-19-14-10-13(24(2)3)6-7-15(14)21-11-22-19/h6-11H,1-5H3,(H2,20,26,27)(H,21,22,23). The second-order valence-corrected chi connectivity index (χ2v) is 8.50. The minimum Gasteiger partial charge on any atom is -0.378 e. The molecule has 0 atom stereocenters. The molecule has 9 heteroatoms. The average molecular weight is 401 g/mol. The summed E-state index contributed by atoms with van der Waals surface area (Å²) in [6.07, 6.45) is 1.48. The van der Waals surface area contributed by atoms with Crippen molar-refractivity contribution in [2.24, 2.45) is 5.14 Å². The summed E-state index contributed by atoms with van der Waals surface area (Å²) in [6.45, 7) is 1.73. The molecular formula is C19H24N6O2S. The van der Waals surface area contributed by atoms with Crippen molar-refractivity contribution in [3.63, 3.8) is 0 Å². The van der Waals surface area contributed by atoms with Crippen LogP contribution in [-0.4, -0.2) is 46.6 Å². The van der Waals surface area contributed by atoms with Gasteiger partial charge in [-0.1, -0.05) is 0 Å². The molecule has 0 radical (unpaired) electrons. The number of sulfonamides is 1. The molecule has 0 amide bonds. The minimum atomic E-state index is -3.85. The molecule has 3 N–H and O–H groups in total. The van der Waals surface area contributed by atoms with Crippen molar-refractivity contribution < 1.29 is 8.42 Å². The molecule has 0 fully saturated rings.